The molecular weight excluding hydrogens is 563 g/mol. The number of fused-ring (bicyclic) bond motifs is 1. The molecule has 5 rings (SSSR count). The topological polar surface area (TPSA) is 59.0 Å². The van der Waals surface area contributed by atoms with Crippen molar-refractivity contribution in [2.45, 2.75) is 48.8 Å². The van der Waals surface area contributed by atoms with E-state index in [4.69, 9.17) is 9.47 Å². The van der Waals surface area contributed by atoms with Crippen molar-refractivity contribution in [2.24, 2.45) is 5.92 Å². The number of anilines is 1. The van der Waals surface area contributed by atoms with Gasteiger partial charge in [-0.3, -0.25) is 0 Å². The zero-order chi connectivity index (χ0) is 29.9. The zero-order valence-corrected chi connectivity index (χ0v) is 24.4. The molecule has 1 fully saturated rings. The molecule has 0 saturated carbocycles. The number of ether oxygens (including phenoxy) is 2. The summed E-state index contributed by atoms with van der Waals surface area (Å²) in [6.07, 6.45) is 3.95. The van der Waals surface area contributed by atoms with Crippen LogP contribution in [-0.4, -0.2) is 50.2 Å². The van der Waals surface area contributed by atoms with E-state index in [1.807, 2.05) is 6.07 Å². The SMILES string of the molecule is COC(OC)C1CCN(c2ccc(C3=C(c4ccc(SC(F)(F)F)cc4)CCCc4cc(C(=O)O)ccc43)cc2)CC1. The van der Waals surface area contributed by atoms with Gasteiger partial charge in [-0.15, -0.1) is 0 Å². The molecule has 222 valence electrons. The van der Waals surface area contributed by atoms with Gasteiger partial charge in [0, 0.05) is 43.8 Å². The summed E-state index contributed by atoms with van der Waals surface area (Å²) in [5.41, 5.74) is 2.82. The third-order valence-electron chi connectivity index (χ3n) is 8.14. The molecule has 3 aromatic rings. The van der Waals surface area contributed by atoms with Gasteiger partial charge in [-0.25, -0.2) is 4.79 Å². The second-order valence-corrected chi connectivity index (χ2v) is 11.8. The number of methoxy groups -OCH3 is 2. The molecule has 1 heterocycles. The number of allylic oxidation sites excluding steroid dienone is 1. The van der Waals surface area contributed by atoms with Crippen molar-refractivity contribution in [3.05, 3.63) is 94.5 Å². The van der Waals surface area contributed by atoms with E-state index in [1.165, 1.54) is 12.1 Å². The number of piperidine rings is 1. The van der Waals surface area contributed by atoms with Crippen LogP contribution in [0, 0.1) is 5.92 Å². The number of hydrogen-bond donors (Lipinski definition) is 1. The van der Waals surface area contributed by atoms with Gasteiger partial charge in [0.2, 0.25) is 0 Å². The molecule has 0 aromatic heterocycles. The normalized spacial score (nSPS) is 16.5. The fourth-order valence-corrected chi connectivity index (χ4v) is 6.69. The van der Waals surface area contributed by atoms with Crippen LogP contribution in [0.3, 0.4) is 0 Å². The first-order valence-corrected chi connectivity index (χ1v) is 14.9. The summed E-state index contributed by atoms with van der Waals surface area (Å²) in [6, 6.07) is 20.2. The first kappa shape index (κ1) is 30.2. The number of halogens is 3. The quantitative estimate of drug-likeness (QED) is 0.209. The van der Waals surface area contributed by atoms with Crippen LogP contribution >= 0.6 is 11.8 Å². The van der Waals surface area contributed by atoms with Crippen LogP contribution in [0.4, 0.5) is 18.9 Å². The Morgan fingerprint density at radius 2 is 1.57 bits per heavy atom. The van der Waals surface area contributed by atoms with Crippen LogP contribution in [0.2, 0.25) is 0 Å². The standard InChI is InChI=1S/C33H34F3NO4S/c1-40-32(41-2)23-16-18-37(19-17-23)26-11-6-22(7-12-26)30-28(21-8-13-27(14-9-21)42-33(34,35)36)5-3-4-24-20-25(31(38)39)10-15-29(24)30/h6-15,20,23,32H,3-5,16-19H2,1-2H3,(H,38,39). The van der Waals surface area contributed by atoms with Gasteiger partial charge < -0.3 is 19.5 Å². The third-order valence-corrected chi connectivity index (χ3v) is 8.88. The van der Waals surface area contributed by atoms with Crippen LogP contribution in [-0.2, 0) is 15.9 Å². The molecular formula is C33H34F3NO4S. The number of hydrogen-bond acceptors (Lipinski definition) is 5. The number of thioether (sulfide) groups is 1. The smallest absolute Gasteiger partial charge is 0.446 e. The van der Waals surface area contributed by atoms with E-state index in [1.54, 1.807) is 38.5 Å². The fourth-order valence-electron chi connectivity index (χ4n) is 6.15. The van der Waals surface area contributed by atoms with E-state index in [0.29, 0.717) is 18.8 Å². The Labute approximate surface area is 248 Å². The molecule has 42 heavy (non-hydrogen) atoms. The number of carbonyl (C=O) groups is 1. The molecule has 0 spiro atoms. The molecule has 0 atom stereocenters. The van der Waals surface area contributed by atoms with Crippen molar-refractivity contribution >= 4 is 34.6 Å². The average molecular weight is 598 g/mol. The molecule has 9 heteroatoms. The summed E-state index contributed by atoms with van der Waals surface area (Å²) < 4.78 is 49.8. The van der Waals surface area contributed by atoms with Gasteiger partial charge in [-0.05, 0) is 114 Å². The average Bonchev–Trinajstić information content (AvgIpc) is 3.17. The fraction of sp³-hybridized carbons (Fsp3) is 0.364. The van der Waals surface area contributed by atoms with Gasteiger partial charge in [0.05, 0.1) is 5.56 Å². The lowest BCUT2D eigenvalue weighted by atomic mass is 9.87. The molecule has 1 N–H and O–H groups in total. The second kappa shape index (κ2) is 12.9. The van der Waals surface area contributed by atoms with Crippen LogP contribution in [0.5, 0.6) is 0 Å². The van der Waals surface area contributed by atoms with E-state index in [2.05, 4.69) is 29.2 Å². The molecule has 1 saturated heterocycles. The number of carboxylic acid groups (broad SMARTS) is 1. The third kappa shape index (κ3) is 6.85. The summed E-state index contributed by atoms with van der Waals surface area (Å²) in [5, 5.41) is 9.59. The second-order valence-electron chi connectivity index (χ2n) is 10.7. The van der Waals surface area contributed by atoms with Crippen molar-refractivity contribution in [3.8, 4) is 0 Å². The monoisotopic (exact) mass is 597 g/mol. The lowest BCUT2D eigenvalue weighted by Crippen LogP contribution is -2.39. The van der Waals surface area contributed by atoms with Gasteiger partial charge in [0.1, 0.15) is 0 Å². The van der Waals surface area contributed by atoms with Crippen molar-refractivity contribution in [1.82, 2.24) is 0 Å². The minimum Gasteiger partial charge on any atom is -0.478 e. The number of aromatic carboxylic acids is 1. The molecule has 1 aliphatic carbocycles. The zero-order valence-electron chi connectivity index (χ0n) is 23.6. The highest BCUT2D eigenvalue weighted by Crippen LogP contribution is 2.42. The molecule has 2 aliphatic rings. The van der Waals surface area contributed by atoms with E-state index in [0.717, 1.165) is 71.4 Å². The maximum absolute atomic E-state index is 12.9. The number of rotatable bonds is 8. The lowest BCUT2D eigenvalue weighted by molar-refractivity contribution is -0.141. The van der Waals surface area contributed by atoms with E-state index < -0.39 is 11.5 Å². The van der Waals surface area contributed by atoms with E-state index in [9.17, 15) is 23.1 Å². The Morgan fingerprint density at radius 3 is 2.17 bits per heavy atom. The molecule has 0 amide bonds. The number of nitrogens with zero attached hydrogens (tertiary/aromatic N) is 1. The minimum absolute atomic E-state index is 0.121. The van der Waals surface area contributed by atoms with Gasteiger partial charge in [-0.2, -0.15) is 13.2 Å². The van der Waals surface area contributed by atoms with Gasteiger partial charge in [0.15, 0.2) is 6.29 Å². The summed E-state index contributed by atoms with van der Waals surface area (Å²) in [6.45, 7) is 1.79. The molecule has 3 aromatic carbocycles. The summed E-state index contributed by atoms with van der Waals surface area (Å²) >= 11 is -0.121. The van der Waals surface area contributed by atoms with Crippen molar-refractivity contribution in [2.75, 3.05) is 32.2 Å². The molecule has 1 aliphatic heterocycles. The van der Waals surface area contributed by atoms with Gasteiger partial charge in [-0.1, -0.05) is 30.3 Å². The number of alkyl halides is 3. The highest BCUT2D eigenvalue weighted by Gasteiger charge is 2.30. The predicted octanol–water partition coefficient (Wildman–Crippen LogP) is 8.13. The molecule has 0 radical (unpaired) electrons. The Bertz CT molecular complexity index is 1430. The molecule has 0 bridgehead atoms. The van der Waals surface area contributed by atoms with Crippen molar-refractivity contribution in [1.29, 1.82) is 0 Å². The van der Waals surface area contributed by atoms with Crippen LogP contribution in [0.1, 0.15) is 58.3 Å². The highest BCUT2D eigenvalue weighted by atomic mass is 32.2. The van der Waals surface area contributed by atoms with Gasteiger partial charge >= 0.3 is 11.5 Å². The van der Waals surface area contributed by atoms with Gasteiger partial charge in [0.25, 0.3) is 0 Å². The number of aryl methyl sites for hydroxylation is 1. The summed E-state index contributed by atoms with van der Waals surface area (Å²) in [4.78, 5) is 14.2. The predicted molar refractivity (Wildman–Crippen MR) is 160 cm³/mol. The van der Waals surface area contributed by atoms with Crippen LogP contribution in [0.15, 0.2) is 71.6 Å². The van der Waals surface area contributed by atoms with Crippen molar-refractivity contribution in [3.63, 3.8) is 0 Å². The first-order valence-electron chi connectivity index (χ1n) is 14.0. The first-order chi connectivity index (χ1) is 20.2. The lowest BCUT2D eigenvalue weighted by Gasteiger charge is -2.36. The molecule has 0 unspecified atom stereocenters. The van der Waals surface area contributed by atoms with E-state index in [-0.39, 0.29) is 28.5 Å². The Hall–Kier alpha value is -3.27. The number of benzene rings is 3. The Balaban J connectivity index is 1.50. The molecule has 5 nitrogen and oxygen atoms in total. The largest absolute Gasteiger partial charge is 0.478 e. The Morgan fingerprint density at radius 1 is 0.929 bits per heavy atom. The van der Waals surface area contributed by atoms with E-state index >= 15 is 0 Å². The Kier molecular flexibility index (Phi) is 9.30. The van der Waals surface area contributed by atoms with Crippen LogP contribution in [0.25, 0.3) is 11.1 Å². The summed E-state index contributed by atoms with van der Waals surface area (Å²) in [7, 11) is 3.35. The van der Waals surface area contributed by atoms with Crippen LogP contribution < -0.4 is 4.90 Å². The maximum atomic E-state index is 12.9. The summed E-state index contributed by atoms with van der Waals surface area (Å²) in [5.74, 6) is -0.622. The minimum atomic E-state index is -4.35. The van der Waals surface area contributed by atoms with Crippen molar-refractivity contribution < 1.29 is 32.5 Å². The maximum Gasteiger partial charge on any atom is 0.446 e. The highest BCUT2D eigenvalue weighted by molar-refractivity contribution is 8.00. The number of carboxylic acids is 1.